The van der Waals surface area contributed by atoms with Crippen molar-refractivity contribution >= 4 is 17.7 Å². The summed E-state index contributed by atoms with van der Waals surface area (Å²) in [6.45, 7) is 2.19. The van der Waals surface area contributed by atoms with Crippen LogP contribution >= 0.6 is 0 Å². The average Bonchev–Trinajstić information content (AvgIpc) is 3.20. The summed E-state index contributed by atoms with van der Waals surface area (Å²) in [4.78, 5) is 38.3. The highest BCUT2D eigenvalue weighted by atomic mass is 16.5. The highest BCUT2D eigenvalue weighted by molar-refractivity contribution is 6.05. The Balaban J connectivity index is 1.24. The number of nitrogens with zero attached hydrogens (tertiary/aromatic N) is 1. The minimum absolute atomic E-state index is 0.000498. The highest BCUT2D eigenvalue weighted by Crippen LogP contribution is 2.34. The Labute approximate surface area is 198 Å². The Bertz CT molecular complexity index is 1090. The summed E-state index contributed by atoms with van der Waals surface area (Å²) in [5.41, 5.74) is 9.91. The summed E-state index contributed by atoms with van der Waals surface area (Å²) in [6, 6.07) is 12.9. The topological polar surface area (TPSA) is 111 Å². The van der Waals surface area contributed by atoms with Gasteiger partial charge in [0.05, 0.1) is 6.54 Å². The molecule has 5 rings (SSSR count). The summed E-state index contributed by atoms with van der Waals surface area (Å²) < 4.78 is 11.5. The Kier molecular flexibility index (Phi) is 6.34. The molecule has 3 amide bonds. The number of fused-ring (bicyclic) bond motifs is 1. The van der Waals surface area contributed by atoms with Crippen LogP contribution in [0, 0.1) is 5.92 Å². The van der Waals surface area contributed by atoms with Gasteiger partial charge in [-0.2, -0.15) is 0 Å². The van der Waals surface area contributed by atoms with E-state index in [-0.39, 0.29) is 30.8 Å². The summed E-state index contributed by atoms with van der Waals surface area (Å²) >= 11 is 0. The molecule has 8 heteroatoms. The largest absolute Gasteiger partial charge is 0.489 e. The van der Waals surface area contributed by atoms with Crippen LogP contribution in [-0.2, 0) is 27.5 Å². The van der Waals surface area contributed by atoms with Gasteiger partial charge >= 0.3 is 0 Å². The molecule has 178 valence electrons. The van der Waals surface area contributed by atoms with Crippen molar-refractivity contribution in [3.05, 3.63) is 64.7 Å². The van der Waals surface area contributed by atoms with Crippen LogP contribution in [0.4, 0.5) is 0 Å². The molecule has 0 spiro atoms. The highest BCUT2D eigenvalue weighted by Gasteiger charge is 2.40. The van der Waals surface area contributed by atoms with Gasteiger partial charge in [-0.15, -0.1) is 0 Å². The molecule has 2 atom stereocenters. The van der Waals surface area contributed by atoms with Crippen molar-refractivity contribution < 1.29 is 23.9 Å². The third-order valence-electron chi connectivity index (χ3n) is 7.07. The first kappa shape index (κ1) is 22.6. The summed E-state index contributed by atoms with van der Waals surface area (Å²) in [5.74, 6) is 0.144. The van der Waals surface area contributed by atoms with Gasteiger partial charge in [0.15, 0.2) is 0 Å². The number of hydrogen-bond donors (Lipinski definition) is 2. The van der Waals surface area contributed by atoms with E-state index in [1.807, 2.05) is 18.2 Å². The molecule has 0 saturated carbocycles. The minimum atomic E-state index is -0.641. The number of ether oxygens (including phenoxy) is 2. The van der Waals surface area contributed by atoms with Gasteiger partial charge in [0.2, 0.25) is 11.8 Å². The van der Waals surface area contributed by atoms with E-state index in [4.69, 9.17) is 15.2 Å². The first-order chi connectivity index (χ1) is 16.5. The number of rotatable bonds is 6. The van der Waals surface area contributed by atoms with Crippen molar-refractivity contribution in [1.82, 2.24) is 10.2 Å². The third kappa shape index (κ3) is 4.43. The molecule has 2 saturated heterocycles. The van der Waals surface area contributed by atoms with Crippen LogP contribution in [-0.4, -0.2) is 41.9 Å². The Morgan fingerprint density at radius 3 is 2.56 bits per heavy atom. The lowest BCUT2D eigenvalue weighted by atomic mass is 9.87. The molecule has 1 unspecified atom stereocenters. The van der Waals surface area contributed by atoms with Gasteiger partial charge in [0.25, 0.3) is 5.91 Å². The van der Waals surface area contributed by atoms with Crippen LogP contribution in [0.15, 0.2) is 42.5 Å². The smallest absolute Gasteiger partial charge is 0.255 e. The van der Waals surface area contributed by atoms with Gasteiger partial charge in [-0.05, 0) is 48.4 Å². The predicted molar refractivity (Wildman–Crippen MR) is 124 cm³/mol. The van der Waals surface area contributed by atoms with Gasteiger partial charge in [0, 0.05) is 36.8 Å². The Hall–Kier alpha value is -3.23. The summed E-state index contributed by atoms with van der Waals surface area (Å²) in [7, 11) is 0. The SMILES string of the molecule is NC(c1ccc(COc2cccc3c2CN([C@H]2CCC(=O)NC2=O)C3=O)cc1)C1CCOCC1. The van der Waals surface area contributed by atoms with Crippen LogP contribution in [0.2, 0.25) is 0 Å². The lowest BCUT2D eigenvalue weighted by Gasteiger charge is -2.29. The van der Waals surface area contributed by atoms with Crippen molar-refractivity contribution in [2.45, 2.75) is 50.9 Å². The van der Waals surface area contributed by atoms with Gasteiger partial charge in [0.1, 0.15) is 18.4 Å². The molecule has 2 aromatic carbocycles. The molecule has 3 N–H and O–H groups in total. The van der Waals surface area contributed by atoms with Gasteiger partial charge in [-0.25, -0.2) is 0 Å². The Morgan fingerprint density at radius 1 is 1.06 bits per heavy atom. The zero-order chi connectivity index (χ0) is 23.7. The molecule has 8 nitrogen and oxygen atoms in total. The van der Waals surface area contributed by atoms with E-state index in [2.05, 4.69) is 17.4 Å². The van der Waals surface area contributed by atoms with E-state index in [1.165, 1.54) is 4.90 Å². The Morgan fingerprint density at radius 2 is 1.82 bits per heavy atom. The molecule has 0 bridgehead atoms. The fourth-order valence-electron chi connectivity index (χ4n) is 5.04. The molecule has 3 aliphatic rings. The molecule has 34 heavy (non-hydrogen) atoms. The number of imide groups is 1. The number of nitrogens with two attached hydrogens (primary N) is 1. The van der Waals surface area contributed by atoms with E-state index >= 15 is 0 Å². The van der Waals surface area contributed by atoms with Crippen molar-refractivity contribution in [1.29, 1.82) is 0 Å². The maximum absolute atomic E-state index is 13.0. The maximum Gasteiger partial charge on any atom is 0.255 e. The van der Waals surface area contributed by atoms with E-state index in [0.29, 0.717) is 30.3 Å². The molecule has 2 fully saturated rings. The normalized spacial score (nSPS) is 21.9. The van der Waals surface area contributed by atoms with Crippen molar-refractivity contribution in [2.75, 3.05) is 13.2 Å². The molecule has 2 aromatic rings. The monoisotopic (exact) mass is 463 g/mol. The van der Waals surface area contributed by atoms with Gasteiger partial charge in [-0.1, -0.05) is 30.3 Å². The van der Waals surface area contributed by atoms with Crippen LogP contribution in [0.1, 0.15) is 58.8 Å². The molecule has 0 aromatic heterocycles. The zero-order valence-corrected chi connectivity index (χ0v) is 19.0. The molecular formula is C26H29N3O5. The van der Waals surface area contributed by atoms with E-state index in [1.54, 1.807) is 12.1 Å². The number of carbonyl (C=O) groups is 3. The minimum Gasteiger partial charge on any atom is -0.489 e. The quantitative estimate of drug-likeness (QED) is 0.637. The third-order valence-corrected chi connectivity index (χ3v) is 7.07. The van der Waals surface area contributed by atoms with E-state index < -0.39 is 11.9 Å². The fraction of sp³-hybridized carbons (Fsp3) is 0.423. The summed E-state index contributed by atoms with van der Waals surface area (Å²) in [6.07, 6.45) is 2.54. The summed E-state index contributed by atoms with van der Waals surface area (Å²) in [5, 5.41) is 2.33. The van der Waals surface area contributed by atoms with Crippen molar-refractivity contribution in [3.8, 4) is 5.75 Å². The number of amides is 3. The fourth-order valence-corrected chi connectivity index (χ4v) is 5.04. The van der Waals surface area contributed by atoms with Crippen molar-refractivity contribution in [2.24, 2.45) is 11.7 Å². The second-order valence-corrected chi connectivity index (χ2v) is 9.19. The van der Waals surface area contributed by atoms with Gasteiger partial charge < -0.3 is 20.1 Å². The maximum atomic E-state index is 13.0. The first-order valence-corrected chi connectivity index (χ1v) is 11.8. The molecule has 0 radical (unpaired) electrons. The van der Waals surface area contributed by atoms with Crippen LogP contribution in [0.25, 0.3) is 0 Å². The molecule has 0 aliphatic carbocycles. The lowest BCUT2D eigenvalue weighted by Crippen LogP contribution is -2.52. The van der Waals surface area contributed by atoms with Gasteiger partial charge in [-0.3, -0.25) is 19.7 Å². The number of nitrogens with one attached hydrogen (secondary N) is 1. The van der Waals surface area contributed by atoms with E-state index in [0.717, 1.165) is 42.7 Å². The van der Waals surface area contributed by atoms with Crippen molar-refractivity contribution in [3.63, 3.8) is 0 Å². The number of carbonyl (C=O) groups excluding carboxylic acids is 3. The molecule has 3 heterocycles. The second kappa shape index (κ2) is 9.56. The van der Waals surface area contributed by atoms with Crippen LogP contribution in [0.3, 0.4) is 0 Å². The molecule has 3 aliphatic heterocycles. The first-order valence-electron chi connectivity index (χ1n) is 11.8. The zero-order valence-electron chi connectivity index (χ0n) is 19.0. The standard InChI is InChI=1S/C26H29N3O5/c27-24(18-10-12-33-13-11-18)17-6-4-16(5-7-17)15-34-22-3-1-2-19-20(22)14-29(26(19)32)21-8-9-23(30)28-25(21)31/h1-7,18,21,24H,8-15,27H2,(H,28,30,31)/t21-,24?/m0/s1. The lowest BCUT2D eigenvalue weighted by molar-refractivity contribution is -0.136. The second-order valence-electron chi connectivity index (χ2n) is 9.19. The van der Waals surface area contributed by atoms with Crippen LogP contribution in [0.5, 0.6) is 5.75 Å². The molecular weight excluding hydrogens is 434 g/mol. The average molecular weight is 464 g/mol. The number of piperidine rings is 1. The predicted octanol–water partition coefficient (Wildman–Crippen LogP) is 2.45. The number of benzene rings is 2. The van der Waals surface area contributed by atoms with E-state index in [9.17, 15) is 14.4 Å². The number of hydrogen-bond acceptors (Lipinski definition) is 6. The van der Waals surface area contributed by atoms with Crippen LogP contribution < -0.4 is 15.8 Å².